The molecule has 0 bridgehead atoms. The van der Waals surface area contributed by atoms with Crippen LogP contribution in [0.25, 0.3) is 0 Å². The minimum atomic E-state index is -1.14. The molecule has 7 heteroatoms. The molecule has 1 aromatic carbocycles. The summed E-state index contributed by atoms with van der Waals surface area (Å²) in [5.74, 6) is 0.729. The van der Waals surface area contributed by atoms with Crippen molar-refractivity contribution in [1.29, 1.82) is 5.26 Å². The van der Waals surface area contributed by atoms with Crippen LogP contribution >= 0.6 is 0 Å². The molecular weight excluding hydrogens is 276 g/mol. The number of ether oxygens (including phenoxy) is 1. The van der Waals surface area contributed by atoms with Gasteiger partial charge in [0, 0.05) is 12.8 Å². The molecule has 1 aromatic heterocycles. The third-order valence-corrected chi connectivity index (χ3v) is 3.46. The summed E-state index contributed by atoms with van der Waals surface area (Å²) in [6.45, 7) is 1.18. The molecule has 2 aromatic rings. The van der Waals surface area contributed by atoms with Crippen LogP contribution in [0.15, 0.2) is 35.7 Å². The summed E-state index contributed by atoms with van der Waals surface area (Å²) in [5, 5.41) is 16.7. The first kappa shape index (κ1) is 14.2. The molecule has 1 atom stereocenters. The van der Waals surface area contributed by atoms with E-state index in [1.165, 1.54) is 0 Å². The predicted molar refractivity (Wildman–Crippen MR) is 73.6 cm³/mol. The van der Waals surface area contributed by atoms with Crippen LogP contribution in [-0.2, 0) is 17.3 Å². The Morgan fingerprint density at radius 2 is 2.15 bits per heavy atom. The van der Waals surface area contributed by atoms with Crippen LogP contribution in [0.3, 0.4) is 0 Å². The Kier molecular flexibility index (Phi) is 4.85. The quantitative estimate of drug-likeness (QED) is 0.750. The Hall–Kier alpha value is -2.20. The first-order valence-electron chi connectivity index (χ1n) is 6.05. The van der Waals surface area contributed by atoms with E-state index in [-0.39, 0.29) is 0 Å². The van der Waals surface area contributed by atoms with Gasteiger partial charge in [0.05, 0.1) is 29.0 Å². The number of nitrogens with zero attached hydrogens (tertiary/aromatic N) is 4. The zero-order valence-corrected chi connectivity index (χ0v) is 11.8. The van der Waals surface area contributed by atoms with Crippen molar-refractivity contribution in [3.8, 4) is 11.8 Å². The van der Waals surface area contributed by atoms with Crippen molar-refractivity contribution in [3.63, 3.8) is 0 Å². The Morgan fingerprint density at radius 3 is 2.80 bits per heavy atom. The van der Waals surface area contributed by atoms with Gasteiger partial charge in [0.25, 0.3) is 0 Å². The molecule has 0 saturated heterocycles. The fourth-order valence-electron chi connectivity index (χ4n) is 1.67. The fourth-order valence-corrected chi connectivity index (χ4v) is 2.30. The fraction of sp³-hybridized carbons (Fsp3) is 0.308. The first-order chi connectivity index (χ1) is 9.70. The van der Waals surface area contributed by atoms with Crippen LogP contribution in [0, 0.1) is 11.3 Å². The third-order valence-electron chi connectivity index (χ3n) is 2.63. The Labute approximate surface area is 119 Å². The van der Waals surface area contributed by atoms with Crippen LogP contribution in [-0.4, -0.2) is 31.8 Å². The maximum absolute atomic E-state index is 11.4. The smallest absolute Gasteiger partial charge is 0.221 e. The minimum Gasteiger partial charge on any atom is -0.494 e. The van der Waals surface area contributed by atoms with Crippen molar-refractivity contribution in [2.45, 2.75) is 18.1 Å². The van der Waals surface area contributed by atoms with E-state index in [9.17, 15) is 4.21 Å². The summed E-state index contributed by atoms with van der Waals surface area (Å²) in [6, 6.07) is 9.02. The van der Waals surface area contributed by atoms with Crippen molar-refractivity contribution < 1.29 is 8.95 Å². The molecule has 0 fully saturated rings. The van der Waals surface area contributed by atoms with Crippen molar-refractivity contribution >= 4 is 10.8 Å². The van der Waals surface area contributed by atoms with Crippen LogP contribution in [0.5, 0.6) is 5.75 Å². The Bertz CT molecular complexity index is 631. The third kappa shape index (κ3) is 3.65. The van der Waals surface area contributed by atoms with Crippen molar-refractivity contribution in [3.05, 3.63) is 36.2 Å². The van der Waals surface area contributed by atoms with Crippen molar-refractivity contribution in [1.82, 2.24) is 14.8 Å². The molecule has 0 aliphatic carbocycles. The summed E-state index contributed by atoms with van der Waals surface area (Å²) >= 11 is 0. The molecular formula is C13H14N4O2S. The van der Waals surface area contributed by atoms with Gasteiger partial charge in [0.15, 0.2) is 0 Å². The summed E-state index contributed by atoms with van der Waals surface area (Å²) in [5.41, 5.74) is 0.608. The van der Waals surface area contributed by atoms with Gasteiger partial charge in [0.1, 0.15) is 12.1 Å². The highest BCUT2D eigenvalue weighted by molar-refractivity contribution is 7.84. The lowest BCUT2D eigenvalue weighted by atomic mass is 10.2. The molecule has 0 spiro atoms. The van der Waals surface area contributed by atoms with E-state index in [2.05, 4.69) is 16.3 Å². The summed E-state index contributed by atoms with van der Waals surface area (Å²) < 4.78 is 18.7. The molecule has 0 saturated carbocycles. The highest BCUT2D eigenvalue weighted by atomic mass is 32.2. The van der Waals surface area contributed by atoms with E-state index >= 15 is 0 Å². The van der Waals surface area contributed by atoms with Gasteiger partial charge in [-0.2, -0.15) is 5.26 Å². The standard InChI is InChI=1S/C13H14N4O2S/c1-20(18)13-16-15-10-17(13)7-2-8-19-12-5-3-11(9-14)4-6-12/h3-6,10H,2,7-8H2,1H3. The van der Waals surface area contributed by atoms with E-state index < -0.39 is 10.8 Å². The molecule has 104 valence electrons. The van der Waals surface area contributed by atoms with Gasteiger partial charge in [-0.25, -0.2) is 0 Å². The maximum atomic E-state index is 11.4. The lowest BCUT2D eigenvalue weighted by molar-refractivity contribution is 0.299. The van der Waals surface area contributed by atoms with Crippen LogP contribution in [0.1, 0.15) is 12.0 Å². The van der Waals surface area contributed by atoms with Crippen molar-refractivity contribution in [2.75, 3.05) is 12.9 Å². The Balaban J connectivity index is 1.80. The lowest BCUT2D eigenvalue weighted by Gasteiger charge is -2.07. The molecule has 0 amide bonds. The van der Waals surface area contributed by atoms with Crippen LogP contribution < -0.4 is 4.74 Å². The summed E-state index contributed by atoms with van der Waals surface area (Å²) in [7, 11) is -1.14. The van der Waals surface area contributed by atoms with Crippen LogP contribution in [0.2, 0.25) is 0 Å². The average Bonchev–Trinajstić information content (AvgIpc) is 2.93. The molecule has 0 aliphatic heterocycles. The molecule has 0 aliphatic rings. The van der Waals surface area contributed by atoms with E-state index in [4.69, 9.17) is 10.00 Å². The monoisotopic (exact) mass is 290 g/mol. The van der Waals surface area contributed by atoms with E-state index in [1.807, 2.05) is 0 Å². The zero-order valence-electron chi connectivity index (χ0n) is 11.0. The van der Waals surface area contributed by atoms with E-state index in [0.717, 1.165) is 12.2 Å². The number of rotatable bonds is 6. The number of hydrogen-bond donors (Lipinski definition) is 0. The summed E-state index contributed by atoms with van der Waals surface area (Å²) in [6.07, 6.45) is 3.90. The first-order valence-corrected chi connectivity index (χ1v) is 7.60. The molecule has 1 heterocycles. The summed E-state index contributed by atoms with van der Waals surface area (Å²) in [4.78, 5) is 0. The van der Waals surface area contributed by atoms with Crippen molar-refractivity contribution in [2.24, 2.45) is 0 Å². The van der Waals surface area contributed by atoms with Gasteiger partial charge in [0.2, 0.25) is 5.16 Å². The van der Waals surface area contributed by atoms with Gasteiger partial charge in [-0.3, -0.25) is 4.21 Å². The van der Waals surface area contributed by atoms with Gasteiger partial charge in [-0.05, 0) is 30.7 Å². The number of aryl methyl sites for hydroxylation is 1. The number of benzene rings is 1. The van der Waals surface area contributed by atoms with Gasteiger partial charge >= 0.3 is 0 Å². The lowest BCUT2D eigenvalue weighted by Crippen LogP contribution is -2.07. The topological polar surface area (TPSA) is 80.8 Å². The second-order valence-corrected chi connectivity index (χ2v) is 5.37. The normalized spacial score (nSPS) is 11.8. The largest absolute Gasteiger partial charge is 0.494 e. The second kappa shape index (κ2) is 6.82. The zero-order chi connectivity index (χ0) is 14.4. The van der Waals surface area contributed by atoms with E-state index in [0.29, 0.717) is 23.9 Å². The SMILES string of the molecule is CS(=O)c1nncn1CCCOc1ccc(C#N)cc1. The van der Waals surface area contributed by atoms with Crippen LogP contribution in [0.4, 0.5) is 0 Å². The molecule has 0 radical (unpaired) electrons. The highest BCUT2D eigenvalue weighted by Gasteiger charge is 2.07. The predicted octanol–water partition coefficient (Wildman–Crippen LogP) is 1.36. The minimum absolute atomic E-state index is 0.475. The van der Waals surface area contributed by atoms with E-state index in [1.54, 1.807) is 41.4 Å². The highest BCUT2D eigenvalue weighted by Crippen LogP contribution is 2.12. The Morgan fingerprint density at radius 1 is 1.40 bits per heavy atom. The molecule has 6 nitrogen and oxygen atoms in total. The van der Waals surface area contributed by atoms with Gasteiger partial charge in [-0.1, -0.05) is 0 Å². The second-order valence-electron chi connectivity index (χ2n) is 4.10. The average molecular weight is 290 g/mol. The number of nitriles is 1. The maximum Gasteiger partial charge on any atom is 0.221 e. The molecule has 2 rings (SSSR count). The molecule has 20 heavy (non-hydrogen) atoms. The van der Waals surface area contributed by atoms with Gasteiger partial charge < -0.3 is 9.30 Å². The number of aromatic nitrogens is 3. The number of hydrogen-bond acceptors (Lipinski definition) is 5. The molecule has 0 N–H and O–H groups in total. The molecule has 1 unspecified atom stereocenters. The van der Waals surface area contributed by atoms with Gasteiger partial charge in [-0.15, -0.1) is 10.2 Å².